The molecule has 0 saturated carbocycles. The molecule has 1 rings (SSSR count). The molecule has 0 spiro atoms. The van der Waals surface area contributed by atoms with Gasteiger partial charge in [0.05, 0.1) is 0 Å². The lowest BCUT2D eigenvalue weighted by Crippen LogP contribution is -2.07. The molecule has 0 N–H and O–H groups in total. The molecule has 0 bridgehead atoms. The van der Waals surface area contributed by atoms with Crippen molar-refractivity contribution in [2.75, 3.05) is 0 Å². The highest BCUT2D eigenvalue weighted by Crippen LogP contribution is 2.38. The van der Waals surface area contributed by atoms with Gasteiger partial charge in [-0.05, 0) is 22.0 Å². The average Bonchev–Trinajstić information content (AvgIpc) is 1.82. The first kappa shape index (κ1) is 9.98. The summed E-state index contributed by atoms with van der Waals surface area (Å²) in [5, 5.41) is 0. The fourth-order valence-corrected chi connectivity index (χ4v) is 2.02. The summed E-state index contributed by atoms with van der Waals surface area (Å²) >= 11 is 5.51. The van der Waals surface area contributed by atoms with Crippen LogP contribution in [0.15, 0.2) is 21.3 Å². The highest BCUT2D eigenvalue weighted by molar-refractivity contribution is 9.11. The molecule has 0 fully saturated rings. The second kappa shape index (κ2) is 3.33. The van der Waals surface area contributed by atoms with Gasteiger partial charge in [-0.1, -0.05) is 15.9 Å². The van der Waals surface area contributed by atoms with Gasteiger partial charge >= 0.3 is 6.18 Å². The molecule has 0 aliphatic rings. The highest BCUT2D eigenvalue weighted by Gasteiger charge is 2.35. The fourth-order valence-electron chi connectivity index (χ4n) is 0.667. The van der Waals surface area contributed by atoms with E-state index in [0.29, 0.717) is 0 Å². The van der Waals surface area contributed by atoms with E-state index >= 15 is 0 Å². The third-order valence-electron chi connectivity index (χ3n) is 1.14. The molecule has 66 valence electrons. The van der Waals surface area contributed by atoms with Crippen molar-refractivity contribution in [2.24, 2.45) is 0 Å². The number of rotatable bonds is 0. The molecule has 0 atom stereocenters. The number of aromatic nitrogens is 1. The van der Waals surface area contributed by atoms with Gasteiger partial charge in [0.2, 0.25) is 0 Å². The quantitative estimate of drug-likeness (QED) is 0.667. The van der Waals surface area contributed by atoms with Crippen LogP contribution in [0.4, 0.5) is 13.2 Å². The summed E-state index contributed by atoms with van der Waals surface area (Å²) in [6, 6.07) is 1.24. The smallest absolute Gasteiger partial charge is 0.249 e. The minimum atomic E-state index is -4.38. The van der Waals surface area contributed by atoms with E-state index in [9.17, 15) is 13.2 Å². The highest BCUT2D eigenvalue weighted by atomic mass is 79.9. The Morgan fingerprint density at radius 2 is 1.83 bits per heavy atom. The molecular weight excluding hydrogens is 303 g/mol. The third-order valence-corrected chi connectivity index (χ3v) is 2.40. The summed E-state index contributed by atoms with van der Waals surface area (Å²) in [5.74, 6) is 0. The summed E-state index contributed by atoms with van der Waals surface area (Å²) in [5.41, 5.74) is -0.787. The summed E-state index contributed by atoms with van der Waals surface area (Å²) in [4.78, 5) is 3.47. The first-order valence-corrected chi connectivity index (χ1v) is 4.38. The molecule has 6 heteroatoms. The third kappa shape index (κ3) is 1.98. The zero-order valence-electron chi connectivity index (χ0n) is 5.49. The van der Waals surface area contributed by atoms with E-state index in [2.05, 4.69) is 36.8 Å². The molecule has 0 aliphatic heterocycles. The van der Waals surface area contributed by atoms with Crippen molar-refractivity contribution < 1.29 is 13.2 Å². The van der Waals surface area contributed by atoms with Crippen LogP contribution < -0.4 is 0 Å². The molecule has 0 aromatic carbocycles. The number of alkyl halides is 3. The molecule has 0 unspecified atom stereocenters. The van der Waals surface area contributed by atoms with Crippen molar-refractivity contribution in [2.45, 2.75) is 6.18 Å². The Balaban J connectivity index is 3.31. The second-order valence-corrected chi connectivity index (χ2v) is 3.56. The fraction of sp³-hybridized carbons (Fsp3) is 0.167. The minimum absolute atomic E-state index is 0.0168. The number of pyridine rings is 1. The largest absolute Gasteiger partial charge is 0.420 e. The van der Waals surface area contributed by atoms with Crippen molar-refractivity contribution in [1.82, 2.24) is 4.98 Å². The van der Waals surface area contributed by atoms with Gasteiger partial charge in [-0.2, -0.15) is 13.2 Å². The number of nitrogens with zero attached hydrogens (tertiary/aromatic N) is 1. The van der Waals surface area contributed by atoms with Crippen molar-refractivity contribution in [3.8, 4) is 0 Å². The van der Waals surface area contributed by atoms with Crippen LogP contribution in [0.2, 0.25) is 0 Å². The van der Waals surface area contributed by atoms with Crippen LogP contribution in [0.3, 0.4) is 0 Å². The van der Waals surface area contributed by atoms with E-state index < -0.39 is 11.7 Å². The summed E-state index contributed by atoms with van der Waals surface area (Å²) < 4.78 is 36.4. The molecule has 1 aromatic rings. The van der Waals surface area contributed by atoms with Crippen LogP contribution in [0.5, 0.6) is 0 Å². The van der Waals surface area contributed by atoms with Crippen LogP contribution in [-0.2, 0) is 6.18 Å². The lowest BCUT2D eigenvalue weighted by molar-refractivity contribution is -0.139. The number of hydrogen-bond acceptors (Lipinski definition) is 1. The molecule has 0 radical (unpaired) electrons. The summed E-state index contributed by atoms with van der Waals surface area (Å²) in [6.45, 7) is 0. The first-order valence-electron chi connectivity index (χ1n) is 2.80. The van der Waals surface area contributed by atoms with E-state index in [0.717, 1.165) is 0 Å². The molecule has 1 heterocycles. The van der Waals surface area contributed by atoms with Crippen LogP contribution in [0, 0.1) is 0 Å². The molecule has 0 amide bonds. The predicted octanol–water partition coefficient (Wildman–Crippen LogP) is 3.63. The van der Waals surface area contributed by atoms with E-state index in [1.165, 1.54) is 12.3 Å². The maximum absolute atomic E-state index is 12.2. The van der Waals surface area contributed by atoms with Gasteiger partial charge in [0.15, 0.2) is 0 Å². The Labute approximate surface area is 83.2 Å². The molecule has 0 aliphatic carbocycles. The normalized spacial score (nSPS) is 11.8. The van der Waals surface area contributed by atoms with Crippen molar-refractivity contribution in [1.29, 1.82) is 0 Å². The number of halogens is 5. The number of hydrogen-bond donors (Lipinski definition) is 0. The van der Waals surface area contributed by atoms with Crippen LogP contribution in [0.25, 0.3) is 0 Å². The first-order chi connectivity index (χ1) is 5.43. The topological polar surface area (TPSA) is 12.9 Å². The van der Waals surface area contributed by atoms with Crippen molar-refractivity contribution in [3.63, 3.8) is 0 Å². The van der Waals surface area contributed by atoms with Crippen LogP contribution in [-0.4, -0.2) is 4.98 Å². The van der Waals surface area contributed by atoms with Gasteiger partial charge in [0.25, 0.3) is 0 Å². The predicted molar refractivity (Wildman–Crippen MR) is 44.6 cm³/mol. The monoisotopic (exact) mass is 303 g/mol. The molecule has 1 aromatic heterocycles. The van der Waals surface area contributed by atoms with Gasteiger partial charge in [-0.25, -0.2) is 4.98 Å². The van der Waals surface area contributed by atoms with Crippen molar-refractivity contribution >= 4 is 31.9 Å². The average molecular weight is 305 g/mol. The maximum Gasteiger partial charge on any atom is 0.420 e. The summed E-state index contributed by atoms with van der Waals surface area (Å²) in [7, 11) is 0. The van der Waals surface area contributed by atoms with E-state index in [1.807, 2.05) is 0 Å². The van der Waals surface area contributed by atoms with Crippen LogP contribution in [0.1, 0.15) is 5.56 Å². The Bertz CT molecular complexity index is 277. The van der Waals surface area contributed by atoms with Gasteiger partial charge in [0, 0.05) is 10.7 Å². The second-order valence-electron chi connectivity index (χ2n) is 1.96. The lowest BCUT2D eigenvalue weighted by atomic mass is 10.3. The van der Waals surface area contributed by atoms with Gasteiger partial charge in [-0.15, -0.1) is 0 Å². The molecule has 1 nitrogen and oxygen atoms in total. The Kier molecular flexibility index (Phi) is 2.77. The van der Waals surface area contributed by atoms with Crippen LogP contribution >= 0.6 is 31.9 Å². The molecule has 0 saturated heterocycles. The Morgan fingerprint density at radius 3 is 2.17 bits per heavy atom. The maximum atomic E-state index is 12.2. The van der Waals surface area contributed by atoms with E-state index in [-0.39, 0.29) is 9.08 Å². The van der Waals surface area contributed by atoms with Gasteiger partial charge in [-0.3, -0.25) is 0 Å². The SMILES string of the molecule is FC(F)(F)c1c(Br)ccnc1Br. The Hall–Kier alpha value is -0.100. The molecule has 12 heavy (non-hydrogen) atoms. The lowest BCUT2D eigenvalue weighted by Gasteiger charge is -2.09. The minimum Gasteiger partial charge on any atom is -0.249 e. The van der Waals surface area contributed by atoms with Crippen molar-refractivity contribution in [3.05, 3.63) is 26.9 Å². The summed E-state index contributed by atoms with van der Waals surface area (Å²) in [6.07, 6.45) is -3.10. The molecular formula is C6H2Br2F3N. The zero-order valence-corrected chi connectivity index (χ0v) is 8.66. The van der Waals surface area contributed by atoms with Gasteiger partial charge < -0.3 is 0 Å². The van der Waals surface area contributed by atoms with Gasteiger partial charge in [0.1, 0.15) is 10.2 Å². The van der Waals surface area contributed by atoms with E-state index in [4.69, 9.17) is 0 Å². The Morgan fingerprint density at radius 1 is 1.25 bits per heavy atom. The zero-order chi connectivity index (χ0) is 9.35. The van der Waals surface area contributed by atoms with E-state index in [1.54, 1.807) is 0 Å². The standard InChI is InChI=1S/C6H2Br2F3N/c7-3-1-2-12-5(8)4(3)6(9,10)11/h1-2H.